The highest BCUT2D eigenvalue weighted by Crippen LogP contribution is 2.14. The average molecular weight is 360 g/mol. The monoisotopic (exact) mass is 360 g/mol. The number of ether oxygens (including phenoxy) is 1. The van der Waals surface area contributed by atoms with E-state index in [2.05, 4.69) is 8.92 Å². The topological polar surface area (TPSA) is 130 Å². The number of carbonyl (C=O) groups excluding carboxylic acids is 1. The smallest absolute Gasteiger partial charge is 0.330 e. The zero-order valence-corrected chi connectivity index (χ0v) is 14.0. The van der Waals surface area contributed by atoms with E-state index in [0.29, 0.717) is 0 Å². The molecule has 24 heavy (non-hydrogen) atoms. The highest BCUT2D eigenvalue weighted by Gasteiger charge is 2.26. The van der Waals surface area contributed by atoms with Gasteiger partial charge in [-0.05, 0) is 25.1 Å². The Morgan fingerprint density at radius 3 is 2.33 bits per heavy atom. The number of methoxy groups -OCH3 is 1. The van der Waals surface area contributed by atoms with Crippen LogP contribution in [0.3, 0.4) is 0 Å². The van der Waals surface area contributed by atoms with Crippen molar-refractivity contribution < 1.29 is 37.5 Å². The molecule has 0 radical (unpaired) electrons. The minimum absolute atomic E-state index is 0.0964. The number of hydrogen-bond donors (Lipinski definition) is 3. The molecule has 0 aliphatic carbocycles. The molecule has 0 aliphatic heterocycles. The second kappa shape index (κ2) is 8.90. The lowest BCUT2D eigenvalue weighted by molar-refractivity contribution is -0.135. The lowest BCUT2D eigenvalue weighted by Gasteiger charge is -2.20. The van der Waals surface area contributed by atoms with Gasteiger partial charge in [0.15, 0.2) is 0 Å². The second-order valence-electron chi connectivity index (χ2n) is 4.98. The number of aliphatic hydroxyl groups is 3. The standard InChI is InChI=1S/C15H20O8S/c1-10-3-5-11(6-4-10)24(20,21)23-9-13(17)15(19)12(16)7-8-14(18)22-2/h3-8,12-13,15-17,19H,9H2,1-2H3/b8-7+/t12-,13-,15-/m0/s1. The molecule has 1 aromatic rings. The Morgan fingerprint density at radius 1 is 1.21 bits per heavy atom. The highest BCUT2D eigenvalue weighted by atomic mass is 32.2. The van der Waals surface area contributed by atoms with Crippen LogP contribution in [0.4, 0.5) is 0 Å². The summed E-state index contributed by atoms with van der Waals surface area (Å²) in [7, 11) is -2.97. The Bertz CT molecular complexity index is 665. The van der Waals surface area contributed by atoms with Gasteiger partial charge < -0.3 is 20.1 Å². The number of benzene rings is 1. The van der Waals surface area contributed by atoms with Crippen LogP contribution in [0.1, 0.15) is 5.56 Å². The van der Waals surface area contributed by atoms with Crippen molar-refractivity contribution in [2.24, 2.45) is 0 Å². The summed E-state index contributed by atoms with van der Waals surface area (Å²) in [5.74, 6) is -0.756. The molecule has 3 atom stereocenters. The Labute approximate surface area is 140 Å². The Kier molecular flexibility index (Phi) is 7.52. The van der Waals surface area contributed by atoms with E-state index in [1.54, 1.807) is 19.1 Å². The van der Waals surface area contributed by atoms with Crippen LogP contribution in [0.15, 0.2) is 41.3 Å². The summed E-state index contributed by atoms with van der Waals surface area (Å²) in [5.41, 5.74) is 0.866. The molecule has 0 saturated heterocycles. The van der Waals surface area contributed by atoms with Gasteiger partial charge in [-0.3, -0.25) is 4.18 Å². The minimum Gasteiger partial charge on any atom is -0.466 e. The number of carbonyl (C=O) groups is 1. The van der Waals surface area contributed by atoms with Crippen LogP contribution in [-0.2, 0) is 23.8 Å². The molecule has 0 aromatic heterocycles. The van der Waals surface area contributed by atoms with E-state index in [1.807, 2.05) is 0 Å². The van der Waals surface area contributed by atoms with E-state index in [1.165, 1.54) is 12.1 Å². The molecule has 0 bridgehead atoms. The van der Waals surface area contributed by atoms with Gasteiger partial charge in [0, 0.05) is 6.08 Å². The molecule has 1 aromatic carbocycles. The third-order valence-corrected chi connectivity index (χ3v) is 4.37. The SMILES string of the molecule is COC(=O)/C=C/[C@H](O)[C@H](O)[C@@H](O)COS(=O)(=O)c1ccc(C)cc1. The first-order chi connectivity index (χ1) is 11.2. The van der Waals surface area contributed by atoms with Crippen LogP contribution in [0.2, 0.25) is 0 Å². The van der Waals surface area contributed by atoms with E-state index < -0.39 is 41.0 Å². The predicted molar refractivity (Wildman–Crippen MR) is 83.5 cm³/mol. The Balaban J connectivity index is 2.63. The van der Waals surface area contributed by atoms with Gasteiger partial charge in [-0.25, -0.2) is 4.79 Å². The van der Waals surface area contributed by atoms with Crippen LogP contribution in [0.5, 0.6) is 0 Å². The Hall–Kier alpha value is -1.78. The first-order valence-corrected chi connectivity index (χ1v) is 8.34. The van der Waals surface area contributed by atoms with Crippen molar-refractivity contribution in [3.05, 3.63) is 42.0 Å². The van der Waals surface area contributed by atoms with Crippen molar-refractivity contribution in [3.63, 3.8) is 0 Å². The molecule has 0 aliphatic rings. The van der Waals surface area contributed by atoms with E-state index in [0.717, 1.165) is 24.8 Å². The summed E-state index contributed by atoms with van der Waals surface area (Å²) in [6, 6.07) is 5.87. The molecule has 1 rings (SSSR count). The maximum Gasteiger partial charge on any atom is 0.330 e. The zero-order valence-electron chi connectivity index (χ0n) is 13.2. The highest BCUT2D eigenvalue weighted by molar-refractivity contribution is 7.86. The lowest BCUT2D eigenvalue weighted by atomic mass is 10.1. The van der Waals surface area contributed by atoms with Crippen LogP contribution in [0.25, 0.3) is 0 Å². The fraction of sp³-hybridized carbons (Fsp3) is 0.400. The molecular formula is C15H20O8S. The summed E-state index contributed by atoms with van der Waals surface area (Å²) < 4.78 is 32.9. The van der Waals surface area contributed by atoms with Gasteiger partial charge in [0.05, 0.1) is 18.6 Å². The summed E-state index contributed by atoms with van der Waals surface area (Å²) in [4.78, 5) is 10.8. The largest absolute Gasteiger partial charge is 0.466 e. The van der Waals surface area contributed by atoms with Gasteiger partial charge in [-0.1, -0.05) is 17.7 Å². The van der Waals surface area contributed by atoms with Gasteiger partial charge in [0.2, 0.25) is 0 Å². The molecule has 0 saturated carbocycles. The average Bonchev–Trinajstić information content (AvgIpc) is 2.56. The maximum atomic E-state index is 11.9. The fourth-order valence-corrected chi connectivity index (χ4v) is 2.54. The number of rotatable bonds is 8. The zero-order chi connectivity index (χ0) is 18.3. The number of aryl methyl sites for hydroxylation is 1. The molecule has 134 valence electrons. The molecule has 0 heterocycles. The summed E-state index contributed by atoms with van der Waals surface area (Å²) in [6.07, 6.45) is -3.27. The van der Waals surface area contributed by atoms with Crippen LogP contribution < -0.4 is 0 Å². The minimum atomic E-state index is -4.11. The number of hydrogen-bond acceptors (Lipinski definition) is 8. The first-order valence-electron chi connectivity index (χ1n) is 6.94. The molecule has 8 nitrogen and oxygen atoms in total. The summed E-state index contributed by atoms with van der Waals surface area (Å²) in [6.45, 7) is 1.03. The van der Waals surface area contributed by atoms with E-state index in [-0.39, 0.29) is 4.90 Å². The first kappa shape index (κ1) is 20.3. The van der Waals surface area contributed by atoms with Crippen LogP contribution >= 0.6 is 0 Å². The maximum absolute atomic E-state index is 11.9. The van der Waals surface area contributed by atoms with Crippen molar-refractivity contribution in [1.29, 1.82) is 0 Å². The van der Waals surface area contributed by atoms with Gasteiger partial charge in [-0.2, -0.15) is 8.42 Å². The Morgan fingerprint density at radius 2 is 1.79 bits per heavy atom. The number of esters is 1. The second-order valence-corrected chi connectivity index (χ2v) is 6.60. The van der Waals surface area contributed by atoms with Gasteiger partial charge in [0.25, 0.3) is 10.1 Å². The van der Waals surface area contributed by atoms with E-state index >= 15 is 0 Å². The van der Waals surface area contributed by atoms with Crippen LogP contribution in [0, 0.1) is 6.92 Å². The number of aliphatic hydroxyl groups excluding tert-OH is 3. The fourth-order valence-electron chi connectivity index (χ4n) is 1.62. The van der Waals surface area contributed by atoms with Gasteiger partial charge >= 0.3 is 5.97 Å². The molecule has 0 unspecified atom stereocenters. The quantitative estimate of drug-likeness (QED) is 0.322. The van der Waals surface area contributed by atoms with Crippen molar-refractivity contribution in [3.8, 4) is 0 Å². The van der Waals surface area contributed by atoms with Gasteiger partial charge in [-0.15, -0.1) is 0 Å². The van der Waals surface area contributed by atoms with Crippen LogP contribution in [-0.4, -0.2) is 61.7 Å². The van der Waals surface area contributed by atoms with Crippen molar-refractivity contribution in [2.75, 3.05) is 13.7 Å². The molecule has 9 heteroatoms. The lowest BCUT2D eigenvalue weighted by Crippen LogP contribution is -2.39. The molecule has 3 N–H and O–H groups in total. The van der Waals surface area contributed by atoms with E-state index in [4.69, 9.17) is 0 Å². The summed E-state index contributed by atoms with van der Waals surface area (Å²) >= 11 is 0. The van der Waals surface area contributed by atoms with Crippen molar-refractivity contribution in [2.45, 2.75) is 30.1 Å². The van der Waals surface area contributed by atoms with Crippen molar-refractivity contribution >= 4 is 16.1 Å². The molecule has 0 spiro atoms. The normalized spacial score (nSPS) is 15.9. The third kappa shape index (κ3) is 6.02. The van der Waals surface area contributed by atoms with Crippen molar-refractivity contribution in [1.82, 2.24) is 0 Å². The van der Waals surface area contributed by atoms with E-state index in [9.17, 15) is 28.5 Å². The summed E-state index contributed by atoms with van der Waals surface area (Å²) in [5, 5.41) is 29.0. The third-order valence-electron chi connectivity index (χ3n) is 3.08. The van der Waals surface area contributed by atoms with Gasteiger partial charge in [0.1, 0.15) is 18.3 Å². The molecule has 0 amide bonds. The molecular weight excluding hydrogens is 340 g/mol. The predicted octanol–water partition coefficient (Wildman–Crippen LogP) is -0.488. The molecule has 0 fully saturated rings.